The Balaban J connectivity index is 0. The molecular formula is C19H39NS2Zn. The van der Waals surface area contributed by atoms with E-state index in [1.807, 2.05) is 0 Å². The van der Waals surface area contributed by atoms with Gasteiger partial charge in [0.1, 0.15) is 4.32 Å². The summed E-state index contributed by atoms with van der Waals surface area (Å²) >= 11 is 9.67. The second-order valence-electron chi connectivity index (χ2n) is 6.51. The number of hydrogen-bond donors (Lipinski definition) is 1. The van der Waals surface area contributed by atoms with Crippen molar-refractivity contribution < 1.29 is 19.5 Å². The standard InChI is InChI=1S/C19H39NS2.Zn/c1-3-5-7-9-11-13-15-17-20(19(21)22)18-16-14-12-10-8-6-4-2;/h3-18H2,1-2H3,(H,21,22);. The summed E-state index contributed by atoms with van der Waals surface area (Å²) in [4.78, 5) is 2.30. The molecule has 0 unspecified atom stereocenters. The number of thiocarbonyl (C=S) groups is 1. The van der Waals surface area contributed by atoms with E-state index in [0.29, 0.717) is 0 Å². The average molecular weight is 411 g/mol. The average Bonchev–Trinajstić information content (AvgIpc) is 2.50. The van der Waals surface area contributed by atoms with Crippen LogP contribution in [0, 0.1) is 0 Å². The first kappa shape index (κ1) is 26.1. The van der Waals surface area contributed by atoms with Gasteiger partial charge in [-0.2, -0.15) is 0 Å². The SMILES string of the molecule is CCCCCCCCCN(CCCCCCCCC)C(=S)S.[Zn]. The topological polar surface area (TPSA) is 3.24 Å². The summed E-state index contributed by atoms with van der Waals surface area (Å²) in [5, 5.41) is 0. The molecule has 0 aromatic rings. The van der Waals surface area contributed by atoms with Crippen molar-refractivity contribution in [3.8, 4) is 0 Å². The molecule has 0 aromatic carbocycles. The Hall–Kier alpha value is 0.863. The van der Waals surface area contributed by atoms with Gasteiger partial charge in [-0.05, 0) is 12.8 Å². The van der Waals surface area contributed by atoms with Crippen molar-refractivity contribution in [3.05, 3.63) is 0 Å². The molecule has 0 amide bonds. The zero-order valence-corrected chi connectivity index (χ0v) is 20.5. The maximum Gasteiger partial charge on any atom is 0.133 e. The molecule has 1 nitrogen and oxygen atoms in total. The largest absolute Gasteiger partial charge is 0.358 e. The van der Waals surface area contributed by atoms with Crippen LogP contribution in [0.5, 0.6) is 0 Å². The van der Waals surface area contributed by atoms with E-state index in [2.05, 4.69) is 31.4 Å². The first-order valence-electron chi connectivity index (χ1n) is 9.70. The van der Waals surface area contributed by atoms with Gasteiger partial charge in [-0.15, -0.1) is 12.6 Å². The Bertz CT molecular complexity index is 232. The van der Waals surface area contributed by atoms with Crippen LogP contribution in [0.2, 0.25) is 0 Å². The fourth-order valence-corrected chi connectivity index (χ4v) is 3.21. The number of rotatable bonds is 16. The summed E-state index contributed by atoms with van der Waals surface area (Å²) < 4.78 is 0.789. The monoisotopic (exact) mass is 409 g/mol. The Morgan fingerprint density at radius 3 is 1.26 bits per heavy atom. The molecule has 0 aliphatic rings. The van der Waals surface area contributed by atoms with Crippen molar-refractivity contribution >= 4 is 29.2 Å². The van der Waals surface area contributed by atoms with Crippen LogP contribution in [0.1, 0.15) is 104 Å². The van der Waals surface area contributed by atoms with Crippen LogP contribution < -0.4 is 0 Å². The molecule has 0 radical (unpaired) electrons. The molecule has 0 heterocycles. The normalized spacial score (nSPS) is 10.4. The molecule has 0 N–H and O–H groups in total. The number of unbranched alkanes of at least 4 members (excludes halogenated alkanes) is 12. The Morgan fingerprint density at radius 1 is 0.652 bits per heavy atom. The summed E-state index contributed by atoms with van der Waals surface area (Å²) in [6.45, 7) is 6.75. The molecule has 0 saturated carbocycles. The fourth-order valence-electron chi connectivity index (χ4n) is 2.82. The molecule has 23 heavy (non-hydrogen) atoms. The first-order valence-corrected chi connectivity index (χ1v) is 10.6. The molecule has 0 bridgehead atoms. The van der Waals surface area contributed by atoms with Gasteiger partial charge in [0.05, 0.1) is 0 Å². The maximum atomic E-state index is 5.28. The van der Waals surface area contributed by atoms with E-state index in [1.165, 1.54) is 89.9 Å². The van der Waals surface area contributed by atoms with Crippen molar-refractivity contribution in [2.24, 2.45) is 0 Å². The second-order valence-corrected chi connectivity index (χ2v) is 7.63. The van der Waals surface area contributed by atoms with E-state index in [9.17, 15) is 0 Å². The van der Waals surface area contributed by atoms with Gasteiger partial charge in [0.2, 0.25) is 0 Å². The third-order valence-corrected chi connectivity index (χ3v) is 4.87. The van der Waals surface area contributed by atoms with Crippen molar-refractivity contribution in [1.29, 1.82) is 0 Å². The smallest absolute Gasteiger partial charge is 0.133 e. The third-order valence-electron chi connectivity index (χ3n) is 4.33. The minimum atomic E-state index is 0. The van der Waals surface area contributed by atoms with E-state index < -0.39 is 0 Å². The van der Waals surface area contributed by atoms with Gasteiger partial charge in [-0.3, -0.25) is 0 Å². The quantitative estimate of drug-likeness (QED) is 0.126. The summed E-state index contributed by atoms with van der Waals surface area (Å²) in [6, 6.07) is 0. The zero-order chi connectivity index (χ0) is 16.5. The molecule has 0 aromatic heterocycles. The van der Waals surface area contributed by atoms with Crippen molar-refractivity contribution in [2.75, 3.05) is 13.1 Å². The van der Waals surface area contributed by atoms with Crippen molar-refractivity contribution in [2.45, 2.75) is 104 Å². The van der Waals surface area contributed by atoms with E-state index in [1.54, 1.807) is 0 Å². The number of thiol groups is 1. The predicted molar refractivity (Wildman–Crippen MR) is 109 cm³/mol. The van der Waals surface area contributed by atoms with Crippen LogP contribution in [0.25, 0.3) is 0 Å². The van der Waals surface area contributed by atoms with Crippen molar-refractivity contribution in [1.82, 2.24) is 4.90 Å². The molecule has 0 fully saturated rings. The Kier molecular flexibility index (Phi) is 23.7. The minimum absolute atomic E-state index is 0. The second kappa shape index (κ2) is 20.9. The van der Waals surface area contributed by atoms with Gasteiger partial charge >= 0.3 is 0 Å². The minimum Gasteiger partial charge on any atom is -0.358 e. The van der Waals surface area contributed by atoms with E-state index in [4.69, 9.17) is 12.2 Å². The molecule has 4 heteroatoms. The Labute approximate surface area is 169 Å². The third kappa shape index (κ3) is 19.0. The van der Waals surface area contributed by atoms with Gasteiger partial charge in [0, 0.05) is 32.6 Å². The van der Waals surface area contributed by atoms with E-state index >= 15 is 0 Å². The zero-order valence-electron chi connectivity index (χ0n) is 15.8. The van der Waals surface area contributed by atoms with E-state index in [-0.39, 0.29) is 19.5 Å². The number of hydrogen-bond acceptors (Lipinski definition) is 1. The molecule has 134 valence electrons. The van der Waals surface area contributed by atoms with Crippen LogP contribution in [0.3, 0.4) is 0 Å². The van der Waals surface area contributed by atoms with Gasteiger partial charge in [0.15, 0.2) is 0 Å². The molecule has 0 aliphatic carbocycles. The van der Waals surface area contributed by atoms with Crippen molar-refractivity contribution in [3.63, 3.8) is 0 Å². The molecule has 0 aliphatic heterocycles. The Morgan fingerprint density at radius 2 is 0.957 bits per heavy atom. The maximum absolute atomic E-state index is 5.28. The molecule has 0 rings (SSSR count). The van der Waals surface area contributed by atoms with Crippen LogP contribution in [-0.2, 0) is 19.5 Å². The molecule has 0 saturated heterocycles. The van der Waals surface area contributed by atoms with Crippen LogP contribution >= 0.6 is 24.8 Å². The van der Waals surface area contributed by atoms with Gasteiger partial charge in [-0.25, -0.2) is 0 Å². The van der Waals surface area contributed by atoms with E-state index in [0.717, 1.165) is 17.4 Å². The molecular weight excluding hydrogens is 372 g/mol. The predicted octanol–water partition coefficient (Wildman–Crippen LogP) is 7.00. The first-order chi connectivity index (χ1) is 10.7. The summed E-state index contributed by atoms with van der Waals surface area (Å²) in [5.41, 5.74) is 0. The van der Waals surface area contributed by atoms with Gasteiger partial charge in [0.25, 0.3) is 0 Å². The number of nitrogens with zero attached hydrogens (tertiary/aromatic N) is 1. The molecule has 0 spiro atoms. The summed E-state index contributed by atoms with van der Waals surface area (Å²) in [5.74, 6) is 0. The molecule has 0 atom stereocenters. The van der Waals surface area contributed by atoms with Crippen LogP contribution in [0.4, 0.5) is 0 Å². The summed E-state index contributed by atoms with van der Waals surface area (Å²) in [7, 11) is 0. The fraction of sp³-hybridized carbons (Fsp3) is 0.947. The van der Waals surface area contributed by atoms with Gasteiger partial charge < -0.3 is 4.90 Å². The van der Waals surface area contributed by atoms with Crippen LogP contribution in [0.15, 0.2) is 0 Å². The summed E-state index contributed by atoms with van der Waals surface area (Å²) in [6.07, 6.45) is 19.0. The van der Waals surface area contributed by atoms with Crippen LogP contribution in [-0.4, -0.2) is 22.3 Å². The van der Waals surface area contributed by atoms with Gasteiger partial charge in [-0.1, -0.05) is 103 Å².